The molecule has 2 saturated carbocycles. The van der Waals surface area contributed by atoms with Crippen molar-refractivity contribution in [2.24, 2.45) is 23.7 Å². The summed E-state index contributed by atoms with van der Waals surface area (Å²) in [5.74, 6) is -3.96. The van der Waals surface area contributed by atoms with E-state index < -0.39 is 18.0 Å². The Morgan fingerprint density at radius 1 is 0.792 bits per heavy atom. The van der Waals surface area contributed by atoms with Gasteiger partial charge in [0.25, 0.3) is 0 Å². The van der Waals surface area contributed by atoms with Crippen LogP contribution in [0.15, 0.2) is 0 Å². The van der Waals surface area contributed by atoms with E-state index in [-0.39, 0.29) is 6.42 Å². The van der Waals surface area contributed by atoms with E-state index in [0.717, 1.165) is 38.0 Å². The quantitative estimate of drug-likeness (QED) is 0.437. The van der Waals surface area contributed by atoms with Crippen LogP contribution in [-0.2, 0) is 0 Å². The third-order valence-electron chi connectivity index (χ3n) is 6.45. The molecule has 0 aliphatic heterocycles. The van der Waals surface area contributed by atoms with Gasteiger partial charge in [0, 0.05) is 5.92 Å². The molecule has 0 saturated heterocycles. The second-order valence-electron chi connectivity index (χ2n) is 8.13. The van der Waals surface area contributed by atoms with Crippen LogP contribution in [0.2, 0.25) is 0 Å². The lowest BCUT2D eigenvalue weighted by Gasteiger charge is -2.36. The van der Waals surface area contributed by atoms with Crippen LogP contribution in [0, 0.1) is 23.7 Å². The number of alkyl halides is 5. The molecule has 5 heteroatoms. The van der Waals surface area contributed by atoms with Crippen molar-refractivity contribution in [2.45, 2.75) is 96.1 Å². The minimum atomic E-state index is -5.43. The molecule has 0 heterocycles. The van der Waals surface area contributed by atoms with E-state index in [1.165, 1.54) is 44.9 Å². The first-order valence-electron chi connectivity index (χ1n) is 9.66. The van der Waals surface area contributed by atoms with Gasteiger partial charge in [0.1, 0.15) is 0 Å². The van der Waals surface area contributed by atoms with E-state index in [4.69, 9.17) is 0 Å². The maximum Gasteiger partial charge on any atom is 0.453 e. The maximum atomic E-state index is 13.2. The zero-order valence-electron chi connectivity index (χ0n) is 14.7. The largest absolute Gasteiger partial charge is 0.453 e. The van der Waals surface area contributed by atoms with Crippen molar-refractivity contribution in [1.82, 2.24) is 0 Å². The first kappa shape index (κ1) is 20.0. The minimum absolute atomic E-state index is 0.0466. The van der Waals surface area contributed by atoms with Crippen LogP contribution < -0.4 is 0 Å². The van der Waals surface area contributed by atoms with Crippen LogP contribution in [0.1, 0.15) is 84.0 Å². The molecule has 2 aliphatic carbocycles. The highest BCUT2D eigenvalue weighted by Crippen LogP contribution is 2.44. The van der Waals surface area contributed by atoms with Crippen LogP contribution in [0.5, 0.6) is 0 Å². The van der Waals surface area contributed by atoms with Crippen molar-refractivity contribution in [2.75, 3.05) is 0 Å². The summed E-state index contributed by atoms with van der Waals surface area (Å²) in [6, 6.07) is 0. The summed E-state index contributed by atoms with van der Waals surface area (Å²) < 4.78 is 63.5. The van der Waals surface area contributed by atoms with Crippen molar-refractivity contribution in [1.29, 1.82) is 0 Å². The van der Waals surface area contributed by atoms with Crippen molar-refractivity contribution < 1.29 is 22.0 Å². The van der Waals surface area contributed by atoms with Gasteiger partial charge in [-0.25, -0.2) is 0 Å². The first-order valence-corrected chi connectivity index (χ1v) is 9.66. The average molecular weight is 354 g/mol. The lowest BCUT2D eigenvalue weighted by Crippen LogP contribution is -2.42. The molecule has 0 N–H and O–H groups in total. The fourth-order valence-corrected chi connectivity index (χ4v) is 4.73. The minimum Gasteiger partial charge on any atom is -0.196 e. The standard InChI is InChI=1S/C19H31F5/c1-14(18(20,21)19(22,23)24)6-5-7-15-10-12-17(13-11-15)16-8-3-2-4-9-16/h14-17H,2-13H2,1H3/t14?,15-,17-. The van der Waals surface area contributed by atoms with E-state index in [1.54, 1.807) is 0 Å². The summed E-state index contributed by atoms with van der Waals surface area (Å²) >= 11 is 0. The Morgan fingerprint density at radius 3 is 1.88 bits per heavy atom. The van der Waals surface area contributed by atoms with Gasteiger partial charge in [0.05, 0.1) is 0 Å². The SMILES string of the molecule is CC(CCC[C@H]1CC[C@H](C2CCCCC2)CC1)C(F)(F)C(F)(F)F. The predicted octanol–water partition coefficient (Wildman–Crippen LogP) is 7.38. The van der Waals surface area contributed by atoms with Gasteiger partial charge in [-0.3, -0.25) is 0 Å². The Kier molecular flexibility index (Phi) is 6.95. The highest BCUT2D eigenvalue weighted by Gasteiger charge is 2.60. The van der Waals surface area contributed by atoms with Crippen molar-refractivity contribution in [3.8, 4) is 0 Å². The van der Waals surface area contributed by atoms with Gasteiger partial charge in [-0.1, -0.05) is 64.7 Å². The number of hydrogen-bond acceptors (Lipinski definition) is 0. The van der Waals surface area contributed by atoms with Gasteiger partial charge in [0.2, 0.25) is 0 Å². The van der Waals surface area contributed by atoms with Crippen LogP contribution in [0.25, 0.3) is 0 Å². The Bertz CT molecular complexity index is 362. The van der Waals surface area contributed by atoms with Crippen molar-refractivity contribution >= 4 is 0 Å². The molecule has 2 rings (SSSR count). The molecule has 0 aromatic carbocycles. The van der Waals surface area contributed by atoms with Crippen molar-refractivity contribution in [3.63, 3.8) is 0 Å². The molecule has 2 aliphatic rings. The fourth-order valence-electron chi connectivity index (χ4n) is 4.73. The molecule has 24 heavy (non-hydrogen) atoms. The molecule has 1 unspecified atom stereocenters. The first-order chi connectivity index (χ1) is 11.2. The van der Waals surface area contributed by atoms with Gasteiger partial charge >= 0.3 is 12.1 Å². The molecule has 0 radical (unpaired) electrons. The molecule has 0 bridgehead atoms. The Labute approximate surface area is 142 Å². The van der Waals surface area contributed by atoms with Gasteiger partial charge in [-0.2, -0.15) is 22.0 Å². The maximum absolute atomic E-state index is 13.2. The van der Waals surface area contributed by atoms with E-state index in [1.807, 2.05) is 0 Å². The van der Waals surface area contributed by atoms with Crippen LogP contribution in [-0.4, -0.2) is 12.1 Å². The highest BCUT2D eigenvalue weighted by atomic mass is 19.4. The monoisotopic (exact) mass is 354 g/mol. The molecule has 142 valence electrons. The van der Waals surface area contributed by atoms with Crippen molar-refractivity contribution in [3.05, 3.63) is 0 Å². The number of rotatable bonds is 6. The third kappa shape index (κ3) is 5.08. The predicted molar refractivity (Wildman–Crippen MR) is 86.0 cm³/mol. The molecule has 1 atom stereocenters. The molecular weight excluding hydrogens is 323 g/mol. The molecule has 0 aromatic heterocycles. The lowest BCUT2D eigenvalue weighted by atomic mass is 9.70. The summed E-state index contributed by atoms with van der Waals surface area (Å²) in [6.07, 6.45) is 7.32. The van der Waals surface area contributed by atoms with E-state index >= 15 is 0 Å². The molecule has 0 nitrogen and oxygen atoms in total. The Balaban J connectivity index is 1.66. The molecule has 0 amide bonds. The van der Waals surface area contributed by atoms with Gasteiger partial charge in [-0.05, 0) is 37.0 Å². The lowest BCUT2D eigenvalue weighted by molar-refractivity contribution is -0.301. The van der Waals surface area contributed by atoms with Crippen LogP contribution >= 0.6 is 0 Å². The van der Waals surface area contributed by atoms with Crippen LogP contribution in [0.3, 0.4) is 0 Å². The third-order valence-corrected chi connectivity index (χ3v) is 6.45. The summed E-state index contributed by atoms with van der Waals surface area (Å²) in [5.41, 5.74) is 0. The molecule has 0 aromatic rings. The molecular formula is C19H31F5. The normalized spacial score (nSPS) is 28.8. The summed E-state index contributed by atoms with van der Waals surface area (Å²) in [6.45, 7) is 1.02. The second-order valence-corrected chi connectivity index (χ2v) is 8.13. The van der Waals surface area contributed by atoms with E-state index in [0.29, 0.717) is 12.3 Å². The summed E-state index contributed by atoms with van der Waals surface area (Å²) in [4.78, 5) is 0. The topological polar surface area (TPSA) is 0 Å². The van der Waals surface area contributed by atoms with E-state index in [2.05, 4.69) is 0 Å². The molecule has 2 fully saturated rings. The highest BCUT2D eigenvalue weighted by molar-refractivity contribution is 4.83. The van der Waals surface area contributed by atoms with Gasteiger partial charge < -0.3 is 0 Å². The van der Waals surface area contributed by atoms with Gasteiger partial charge in [0.15, 0.2) is 0 Å². The second kappa shape index (κ2) is 8.35. The zero-order valence-corrected chi connectivity index (χ0v) is 14.7. The van der Waals surface area contributed by atoms with Gasteiger partial charge in [-0.15, -0.1) is 0 Å². The fraction of sp³-hybridized carbons (Fsp3) is 1.00. The molecule has 0 spiro atoms. The number of hydrogen-bond donors (Lipinski definition) is 0. The number of halogens is 5. The Morgan fingerprint density at radius 2 is 1.33 bits per heavy atom. The smallest absolute Gasteiger partial charge is 0.196 e. The Hall–Kier alpha value is -0.350. The average Bonchev–Trinajstić information content (AvgIpc) is 2.55. The van der Waals surface area contributed by atoms with Crippen LogP contribution in [0.4, 0.5) is 22.0 Å². The summed E-state index contributed by atoms with van der Waals surface area (Å²) in [7, 11) is 0. The van der Waals surface area contributed by atoms with E-state index in [9.17, 15) is 22.0 Å². The zero-order chi connectivity index (χ0) is 17.8. The summed E-state index contributed by atoms with van der Waals surface area (Å²) in [5, 5.41) is 0.